The molecule has 3 aliphatic heterocycles. The molecule has 6 atom stereocenters. The first-order valence-corrected chi connectivity index (χ1v) is 9.62. The van der Waals surface area contributed by atoms with Crippen LogP contribution in [0.15, 0.2) is 10.6 Å². The number of carboxylic acids is 1. The van der Waals surface area contributed by atoms with Crippen molar-refractivity contribution < 1.29 is 24.6 Å². The molecule has 3 heterocycles. The van der Waals surface area contributed by atoms with Gasteiger partial charge in [0.1, 0.15) is 5.70 Å². The molecule has 0 aromatic carbocycles. The molecule has 0 radical (unpaired) electrons. The molecule has 0 aliphatic carbocycles. The van der Waals surface area contributed by atoms with E-state index in [-0.39, 0.29) is 40.8 Å². The van der Waals surface area contributed by atoms with Crippen LogP contribution >= 0.6 is 11.8 Å². The molecule has 0 aromatic rings. The maximum Gasteiger partial charge on any atom is 0.353 e. The molecule has 3 N–H and O–H groups in total. The zero-order valence-electron chi connectivity index (χ0n) is 15.3. The van der Waals surface area contributed by atoms with Crippen LogP contribution in [0, 0.1) is 11.8 Å². The molecule has 2 fully saturated rings. The number of fused-ring (bicyclic) bond motifs is 1. The van der Waals surface area contributed by atoms with Crippen molar-refractivity contribution in [3.8, 4) is 0 Å². The van der Waals surface area contributed by atoms with Crippen LogP contribution in [0.5, 0.6) is 0 Å². The molecule has 0 aromatic heterocycles. The molecule has 2 saturated heterocycles. The third-order valence-electron chi connectivity index (χ3n) is 5.43. The predicted octanol–water partition coefficient (Wildman–Crippen LogP) is -0.308. The molecule has 26 heavy (non-hydrogen) atoms. The number of aliphatic hydroxyl groups is 1. The molecule has 3 aliphatic rings. The van der Waals surface area contributed by atoms with E-state index in [4.69, 9.17) is 0 Å². The average molecular weight is 383 g/mol. The first kappa shape index (κ1) is 19.2. The first-order valence-electron chi connectivity index (χ1n) is 8.75. The van der Waals surface area contributed by atoms with Crippen molar-refractivity contribution in [2.45, 2.75) is 43.7 Å². The van der Waals surface area contributed by atoms with Gasteiger partial charge in [0.25, 0.3) is 0 Å². The summed E-state index contributed by atoms with van der Waals surface area (Å²) >= 11 is 1.45. The number of thioether (sulfide) groups is 1. The van der Waals surface area contributed by atoms with Gasteiger partial charge >= 0.3 is 5.97 Å². The summed E-state index contributed by atoms with van der Waals surface area (Å²) in [4.78, 5) is 39.8. The lowest BCUT2D eigenvalue weighted by Gasteiger charge is -2.46. The number of likely N-dealkylation sites (N-methyl/N-ethyl adjacent to an activating group) is 1. The minimum absolute atomic E-state index is 0.00757. The summed E-state index contributed by atoms with van der Waals surface area (Å²) in [5.74, 6) is -2.14. The number of hydrogen-bond donors (Lipinski definition) is 3. The van der Waals surface area contributed by atoms with Crippen molar-refractivity contribution in [1.29, 1.82) is 0 Å². The van der Waals surface area contributed by atoms with E-state index in [1.54, 1.807) is 25.9 Å². The van der Waals surface area contributed by atoms with Crippen LogP contribution in [0.1, 0.15) is 20.3 Å². The molecule has 9 heteroatoms. The lowest BCUT2D eigenvalue weighted by molar-refractivity contribution is -0.163. The summed E-state index contributed by atoms with van der Waals surface area (Å²) in [6, 6.07) is -0.568. The third-order valence-corrected chi connectivity index (χ3v) is 6.95. The number of nitrogens with one attached hydrogen (secondary N) is 1. The molecular weight excluding hydrogens is 358 g/mol. The van der Waals surface area contributed by atoms with E-state index >= 15 is 0 Å². The van der Waals surface area contributed by atoms with Crippen molar-refractivity contribution in [2.24, 2.45) is 11.8 Å². The second-order valence-electron chi connectivity index (χ2n) is 7.44. The van der Waals surface area contributed by atoms with Crippen molar-refractivity contribution in [2.75, 3.05) is 20.6 Å². The third kappa shape index (κ3) is 2.91. The topological polar surface area (TPSA) is 110 Å². The van der Waals surface area contributed by atoms with Crippen LogP contribution < -0.4 is 5.32 Å². The van der Waals surface area contributed by atoms with E-state index in [2.05, 4.69) is 5.32 Å². The Morgan fingerprint density at radius 3 is 2.58 bits per heavy atom. The van der Waals surface area contributed by atoms with Crippen LogP contribution in [0.3, 0.4) is 0 Å². The van der Waals surface area contributed by atoms with E-state index in [9.17, 15) is 24.6 Å². The van der Waals surface area contributed by atoms with Gasteiger partial charge in [-0.1, -0.05) is 6.92 Å². The Bertz CT molecular complexity index is 677. The number of carbonyl (C=O) groups is 3. The molecule has 144 valence electrons. The van der Waals surface area contributed by atoms with Gasteiger partial charge in [0.05, 0.1) is 24.1 Å². The summed E-state index contributed by atoms with van der Waals surface area (Å²) in [6.45, 7) is 4.08. The number of β-lactam (4-membered cyclic amide) rings is 1. The Morgan fingerprint density at radius 2 is 2.04 bits per heavy atom. The molecular formula is C17H25N3O5S. The molecule has 3 rings (SSSR count). The van der Waals surface area contributed by atoms with Gasteiger partial charge < -0.3 is 25.3 Å². The molecule has 0 bridgehead atoms. The second kappa shape index (κ2) is 6.86. The van der Waals surface area contributed by atoms with E-state index in [1.165, 1.54) is 16.7 Å². The van der Waals surface area contributed by atoms with Crippen LogP contribution in [-0.2, 0) is 14.4 Å². The van der Waals surface area contributed by atoms with Crippen LogP contribution in [0.2, 0.25) is 0 Å². The quantitative estimate of drug-likeness (QED) is 0.559. The summed E-state index contributed by atoms with van der Waals surface area (Å²) in [5, 5.41) is 22.8. The Kier molecular flexibility index (Phi) is 5.06. The first-order chi connectivity index (χ1) is 12.1. The average Bonchev–Trinajstić information content (AvgIpc) is 3.09. The van der Waals surface area contributed by atoms with Gasteiger partial charge in [0.2, 0.25) is 11.8 Å². The van der Waals surface area contributed by atoms with Gasteiger partial charge in [0.15, 0.2) is 0 Å². The van der Waals surface area contributed by atoms with Crippen LogP contribution in [-0.4, -0.2) is 81.9 Å². The minimum Gasteiger partial charge on any atom is -0.477 e. The number of rotatable bonds is 5. The van der Waals surface area contributed by atoms with E-state index < -0.39 is 18.0 Å². The summed E-state index contributed by atoms with van der Waals surface area (Å²) in [5.41, 5.74) is 0.0387. The van der Waals surface area contributed by atoms with E-state index in [0.717, 1.165) is 0 Å². The molecule has 0 spiro atoms. The van der Waals surface area contributed by atoms with Crippen molar-refractivity contribution in [3.05, 3.63) is 10.6 Å². The Morgan fingerprint density at radius 1 is 1.38 bits per heavy atom. The highest BCUT2D eigenvalue weighted by atomic mass is 32.2. The Labute approximate surface area is 156 Å². The van der Waals surface area contributed by atoms with Gasteiger partial charge in [0, 0.05) is 36.7 Å². The lowest BCUT2D eigenvalue weighted by atomic mass is 9.79. The largest absolute Gasteiger partial charge is 0.477 e. The number of aliphatic carboxylic acids is 1. The molecule has 2 amide bonds. The van der Waals surface area contributed by atoms with Gasteiger partial charge in [-0.15, -0.1) is 11.8 Å². The van der Waals surface area contributed by atoms with E-state index in [0.29, 0.717) is 17.9 Å². The number of carbonyl (C=O) groups excluding carboxylic acids is 2. The zero-order valence-corrected chi connectivity index (χ0v) is 16.1. The maximum absolute atomic E-state index is 12.3. The van der Waals surface area contributed by atoms with Crippen molar-refractivity contribution in [3.63, 3.8) is 0 Å². The number of amides is 2. The number of aliphatic hydroxyl groups excluding tert-OH is 1. The van der Waals surface area contributed by atoms with Crippen molar-refractivity contribution in [1.82, 2.24) is 15.1 Å². The van der Waals surface area contributed by atoms with Crippen molar-refractivity contribution >= 4 is 29.5 Å². The predicted molar refractivity (Wildman–Crippen MR) is 96.1 cm³/mol. The standard InChI is InChI=1S/C17H25N3O5S/c1-7-12-11(8(2)21)16(23)20(12)13(17(24)25)14(7)26-9-5-10(18-6-9)15(22)19(3)4/h7-12,18,21H,5-6H2,1-4H3,(H,24,25)/t7-,8+,9+,10+,11+,12+/m1/s1. The fourth-order valence-corrected chi connectivity index (χ4v) is 5.63. The molecule has 8 nitrogen and oxygen atoms in total. The van der Waals surface area contributed by atoms with Crippen LogP contribution in [0.4, 0.5) is 0 Å². The Balaban J connectivity index is 1.78. The Hall–Kier alpha value is -1.58. The highest BCUT2D eigenvalue weighted by molar-refractivity contribution is 8.03. The number of carboxylic acid groups (broad SMARTS) is 1. The maximum atomic E-state index is 12.3. The highest BCUT2D eigenvalue weighted by Gasteiger charge is 2.60. The monoisotopic (exact) mass is 383 g/mol. The number of nitrogens with zero attached hydrogens (tertiary/aromatic N) is 2. The number of hydrogen-bond acceptors (Lipinski definition) is 6. The normalized spacial score (nSPS) is 34.6. The fraction of sp³-hybridized carbons (Fsp3) is 0.706. The van der Waals surface area contributed by atoms with E-state index in [1.807, 2.05) is 6.92 Å². The second-order valence-corrected chi connectivity index (χ2v) is 8.78. The SMILES string of the molecule is C[C@H](O)[C@@H]1C(=O)N2C(C(=O)O)=C(S[C@@H]3CN[C@H](C(=O)N(C)C)C3)[C@H](C)[C@@H]12. The summed E-state index contributed by atoms with van der Waals surface area (Å²) in [7, 11) is 3.42. The zero-order chi connectivity index (χ0) is 19.3. The van der Waals surface area contributed by atoms with Gasteiger partial charge in [-0.2, -0.15) is 0 Å². The van der Waals surface area contributed by atoms with Crippen LogP contribution in [0.25, 0.3) is 0 Å². The molecule has 0 saturated carbocycles. The smallest absolute Gasteiger partial charge is 0.353 e. The fourth-order valence-electron chi connectivity index (χ4n) is 4.15. The lowest BCUT2D eigenvalue weighted by Crippen LogP contribution is -2.63. The highest BCUT2D eigenvalue weighted by Crippen LogP contribution is 2.51. The molecule has 0 unspecified atom stereocenters. The minimum atomic E-state index is -1.12. The summed E-state index contributed by atoms with van der Waals surface area (Å²) in [6.07, 6.45) is -0.190. The summed E-state index contributed by atoms with van der Waals surface area (Å²) < 4.78 is 0. The van der Waals surface area contributed by atoms with Gasteiger partial charge in [-0.25, -0.2) is 4.79 Å². The van der Waals surface area contributed by atoms with Gasteiger partial charge in [-0.05, 0) is 13.3 Å². The van der Waals surface area contributed by atoms with Gasteiger partial charge in [-0.3, -0.25) is 9.59 Å².